The number of nitrogens with one attached hydrogen (secondary N) is 2. The Hall–Kier alpha value is -2.59. The molecule has 0 spiro atoms. The summed E-state index contributed by atoms with van der Waals surface area (Å²) < 4.78 is 4.98. The first-order valence-corrected chi connectivity index (χ1v) is 8.58. The van der Waals surface area contributed by atoms with E-state index in [0.717, 1.165) is 0 Å². The third-order valence-corrected chi connectivity index (χ3v) is 3.56. The molecule has 0 saturated heterocycles. The summed E-state index contributed by atoms with van der Waals surface area (Å²) in [6, 6.07) is 7.29. The molecule has 0 aliphatic carbocycles. The Morgan fingerprint density at radius 1 is 1.23 bits per heavy atom. The molecule has 1 atom stereocenters. The van der Waals surface area contributed by atoms with Gasteiger partial charge in [-0.2, -0.15) is 5.26 Å². The molecule has 2 amide bonds. The van der Waals surface area contributed by atoms with Gasteiger partial charge in [-0.3, -0.25) is 9.59 Å². The van der Waals surface area contributed by atoms with Crippen LogP contribution in [0.4, 0.5) is 0 Å². The number of halogens is 1. The topological polar surface area (TPSA) is 108 Å². The molecular formula is C18H22ClN3O4. The lowest BCUT2D eigenvalue weighted by Crippen LogP contribution is -2.43. The molecule has 0 saturated carbocycles. The Labute approximate surface area is 157 Å². The van der Waals surface area contributed by atoms with Crippen LogP contribution >= 0.6 is 11.6 Å². The van der Waals surface area contributed by atoms with Crippen molar-refractivity contribution in [2.75, 3.05) is 13.2 Å². The van der Waals surface area contributed by atoms with Crippen LogP contribution in [0.3, 0.4) is 0 Å². The number of esters is 1. The average molecular weight is 380 g/mol. The van der Waals surface area contributed by atoms with Crippen molar-refractivity contribution < 1.29 is 19.1 Å². The molecule has 0 aliphatic rings. The average Bonchev–Trinajstić information content (AvgIpc) is 2.59. The zero-order valence-electron chi connectivity index (χ0n) is 14.8. The van der Waals surface area contributed by atoms with Crippen LogP contribution in [0.25, 0.3) is 0 Å². The summed E-state index contributed by atoms with van der Waals surface area (Å²) in [6.45, 7) is 3.54. The minimum atomic E-state index is -0.870. The minimum absolute atomic E-state index is 0.127. The summed E-state index contributed by atoms with van der Waals surface area (Å²) in [5, 5.41) is 14.0. The van der Waals surface area contributed by atoms with Gasteiger partial charge in [0, 0.05) is 17.1 Å². The van der Waals surface area contributed by atoms with Crippen molar-refractivity contribution in [3.8, 4) is 6.07 Å². The van der Waals surface area contributed by atoms with Crippen LogP contribution in [0.5, 0.6) is 0 Å². The van der Waals surface area contributed by atoms with Crippen molar-refractivity contribution in [3.63, 3.8) is 0 Å². The second-order valence-electron chi connectivity index (χ2n) is 6.03. The van der Waals surface area contributed by atoms with Gasteiger partial charge in [0.2, 0.25) is 0 Å². The number of ether oxygens (including phenoxy) is 1. The Morgan fingerprint density at radius 3 is 2.46 bits per heavy atom. The number of benzene rings is 1. The van der Waals surface area contributed by atoms with E-state index < -0.39 is 30.4 Å². The first-order valence-electron chi connectivity index (χ1n) is 8.20. The minimum Gasteiger partial charge on any atom is -0.454 e. The van der Waals surface area contributed by atoms with E-state index in [0.29, 0.717) is 17.0 Å². The van der Waals surface area contributed by atoms with Crippen molar-refractivity contribution in [1.29, 1.82) is 5.26 Å². The van der Waals surface area contributed by atoms with E-state index in [1.165, 1.54) is 0 Å². The molecule has 1 aromatic rings. The van der Waals surface area contributed by atoms with E-state index in [2.05, 4.69) is 10.6 Å². The number of nitriles is 1. The third-order valence-electron chi connectivity index (χ3n) is 3.31. The first kappa shape index (κ1) is 21.5. The lowest BCUT2D eigenvalue weighted by Gasteiger charge is -2.19. The molecule has 0 bridgehead atoms. The maximum absolute atomic E-state index is 12.3. The molecule has 0 aromatic heterocycles. The first-order chi connectivity index (χ1) is 12.3. The van der Waals surface area contributed by atoms with Crippen LogP contribution in [0.2, 0.25) is 5.02 Å². The van der Waals surface area contributed by atoms with E-state index in [1.807, 2.05) is 19.9 Å². The number of rotatable bonds is 9. The molecule has 8 heteroatoms. The monoisotopic (exact) mass is 379 g/mol. The molecule has 0 fully saturated rings. The van der Waals surface area contributed by atoms with Gasteiger partial charge in [0.05, 0.1) is 12.5 Å². The van der Waals surface area contributed by atoms with Crippen molar-refractivity contribution in [2.24, 2.45) is 5.92 Å². The van der Waals surface area contributed by atoms with Crippen LogP contribution in [0.1, 0.15) is 37.0 Å². The SMILES string of the molecule is CC(C)C[C@H](NC(=O)c1ccc(Cl)cc1)C(=O)OCC(=O)NCCC#N. The molecular weight excluding hydrogens is 358 g/mol. The molecule has 1 aromatic carbocycles. The fraction of sp³-hybridized carbons (Fsp3) is 0.444. The van der Waals surface area contributed by atoms with Crippen molar-refractivity contribution in [3.05, 3.63) is 34.9 Å². The second kappa shape index (κ2) is 11.1. The number of carbonyl (C=O) groups excluding carboxylic acids is 3. The standard InChI is InChI=1S/C18H22ClN3O4/c1-12(2)10-15(18(25)26-11-16(23)21-9-3-8-20)22-17(24)13-4-6-14(19)7-5-13/h4-7,12,15H,3,9-11H2,1-2H3,(H,21,23)(H,22,24)/t15-/m0/s1. The molecule has 0 aliphatic heterocycles. The van der Waals surface area contributed by atoms with Gasteiger partial charge < -0.3 is 15.4 Å². The van der Waals surface area contributed by atoms with Gasteiger partial charge in [-0.1, -0.05) is 25.4 Å². The number of hydrogen-bond acceptors (Lipinski definition) is 5. The van der Waals surface area contributed by atoms with E-state index in [4.69, 9.17) is 21.6 Å². The molecule has 7 nitrogen and oxygen atoms in total. The highest BCUT2D eigenvalue weighted by molar-refractivity contribution is 6.30. The van der Waals surface area contributed by atoms with Gasteiger partial charge in [0.25, 0.3) is 11.8 Å². The van der Waals surface area contributed by atoms with Gasteiger partial charge >= 0.3 is 5.97 Å². The summed E-state index contributed by atoms with van der Waals surface area (Å²) in [7, 11) is 0. The number of nitrogens with zero attached hydrogens (tertiary/aromatic N) is 1. The van der Waals surface area contributed by atoms with Crippen LogP contribution in [-0.4, -0.2) is 37.0 Å². The predicted molar refractivity (Wildman–Crippen MR) is 96.4 cm³/mol. The fourth-order valence-corrected chi connectivity index (χ4v) is 2.20. The predicted octanol–water partition coefficient (Wildman–Crippen LogP) is 2.06. The number of amides is 2. The molecule has 26 heavy (non-hydrogen) atoms. The highest BCUT2D eigenvalue weighted by Crippen LogP contribution is 2.11. The quantitative estimate of drug-likeness (QED) is 0.504. The number of hydrogen-bond donors (Lipinski definition) is 2. The van der Waals surface area contributed by atoms with Crippen LogP contribution in [0.15, 0.2) is 24.3 Å². The fourth-order valence-electron chi connectivity index (χ4n) is 2.07. The maximum atomic E-state index is 12.3. The van der Waals surface area contributed by atoms with Gasteiger partial charge in [0.15, 0.2) is 6.61 Å². The largest absolute Gasteiger partial charge is 0.454 e. The van der Waals surface area contributed by atoms with Crippen molar-refractivity contribution in [1.82, 2.24) is 10.6 Å². The second-order valence-corrected chi connectivity index (χ2v) is 6.46. The van der Waals surface area contributed by atoms with E-state index in [9.17, 15) is 14.4 Å². The Morgan fingerprint density at radius 2 is 1.88 bits per heavy atom. The molecule has 0 heterocycles. The molecule has 2 N–H and O–H groups in total. The highest BCUT2D eigenvalue weighted by atomic mass is 35.5. The van der Waals surface area contributed by atoms with Gasteiger partial charge in [-0.05, 0) is 36.6 Å². The summed E-state index contributed by atoms with van der Waals surface area (Å²) in [5.41, 5.74) is 0.366. The van der Waals surface area contributed by atoms with Crippen LogP contribution in [-0.2, 0) is 14.3 Å². The summed E-state index contributed by atoms with van der Waals surface area (Å²) in [6.07, 6.45) is 0.543. The van der Waals surface area contributed by atoms with Crippen molar-refractivity contribution in [2.45, 2.75) is 32.7 Å². The molecule has 0 unspecified atom stereocenters. The zero-order chi connectivity index (χ0) is 19.5. The molecule has 140 valence electrons. The Balaban J connectivity index is 2.63. The Kier molecular flexibility index (Phi) is 9.17. The van der Waals surface area contributed by atoms with Gasteiger partial charge in [-0.25, -0.2) is 4.79 Å². The van der Waals surface area contributed by atoms with Gasteiger partial charge in [-0.15, -0.1) is 0 Å². The van der Waals surface area contributed by atoms with Crippen molar-refractivity contribution >= 4 is 29.4 Å². The highest BCUT2D eigenvalue weighted by Gasteiger charge is 2.24. The maximum Gasteiger partial charge on any atom is 0.329 e. The normalized spacial score (nSPS) is 11.3. The summed E-state index contributed by atoms with van der Waals surface area (Å²) in [5.74, 6) is -1.48. The molecule has 0 radical (unpaired) electrons. The van der Waals surface area contributed by atoms with E-state index in [-0.39, 0.29) is 18.9 Å². The summed E-state index contributed by atoms with van der Waals surface area (Å²) >= 11 is 5.80. The van der Waals surface area contributed by atoms with E-state index in [1.54, 1.807) is 24.3 Å². The van der Waals surface area contributed by atoms with Crippen LogP contribution in [0, 0.1) is 17.2 Å². The number of carbonyl (C=O) groups is 3. The lowest BCUT2D eigenvalue weighted by atomic mass is 10.0. The van der Waals surface area contributed by atoms with Gasteiger partial charge in [0.1, 0.15) is 6.04 Å². The lowest BCUT2D eigenvalue weighted by molar-refractivity contribution is -0.150. The summed E-state index contributed by atoms with van der Waals surface area (Å²) in [4.78, 5) is 36.1. The zero-order valence-corrected chi connectivity index (χ0v) is 15.5. The van der Waals surface area contributed by atoms with E-state index >= 15 is 0 Å². The third kappa shape index (κ3) is 7.99. The van der Waals surface area contributed by atoms with Crippen LogP contribution < -0.4 is 10.6 Å². The molecule has 1 rings (SSSR count). The Bertz CT molecular complexity index is 668. The smallest absolute Gasteiger partial charge is 0.329 e.